The molecule has 1 N–H and O–H groups in total. The summed E-state index contributed by atoms with van der Waals surface area (Å²) in [5, 5.41) is 15.7. The second-order valence-electron chi connectivity index (χ2n) is 8.75. The number of ether oxygens (including phenoxy) is 3. The third kappa shape index (κ3) is 6.22. The Kier molecular flexibility index (Phi) is 8.66. The number of hydrogen-bond donors (Lipinski definition) is 1. The van der Waals surface area contributed by atoms with Crippen molar-refractivity contribution in [3.05, 3.63) is 59.2 Å². The van der Waals surface area contributed by atoms with E-state index in [1.807, 2.05) is 18.2 Å². The van der Waals surface area contributed by atoms with Crippen molar-refractivity contribution in [1.82, 2.24) is 5.01 Å². The van der Waals surface area contributed by atoms with E-state index in [9.17, 15) is 4.79 Å². The number of benzene rings is 2. The number of amides is 1. The highest BCUT2D eigenvalue weighted by molar-refractivity contribution is 8.26. The van der Waals surface area contributed by atoms with Crippen LogP contribution < -0.4 is 14.2 Å². The van der Waals surface area contributed by atoms with Crippen LogP contribution in [-0.4, -0.2) is 47.3 Å². The number of thioether (sulfide) groups is 1. The van der Waals surface area contributed by atoms with Gasteiger partial charge in [0.05, 0.1) is 12.7 Å². The number of carbonyl (C=O) groups is 1. The summed E-state index contributed by atoms with van der Waals surface area (Å²) in [6, 6.07) is 13.5. The maximum absolute atomic E-state index is 12.6. The van der Waals surface area contributed by atoms with Crippen molar-refractivity contribution >= 4 is 39.8 Å². The molecular formula is C28H32N4O4S. The summed E-state index contributed by atoms with van der Waals surface area (Å²) in [4.78, 5) is 16.8. The minimum absolute atomic E-state index is 0.0160. The zero-order valence-corrected chi connectivity index (χ0v) is 22.4. The van der Waals surface area contributed by atoms with Gasteiger partial charge >= 0.3 is 0 Å². The van der Waals surface area contributed by atoms with E-state index in [-0.39, 0.29) is 11.4 Å². The van der Waals surface area contributed by atoms with Gasteiger partial charge in [0.15, 0.2) is 17.3 Å². The fraction of sp³-hybridized carbons (Fsp3) is 0.357. The Morgan fingerprint density at radius 2 is 1.84 bits per heavy atom. The molecule has 9 heteroatoms. The van der Waals surface area contributed by atoms with E-state index < -0.39 is 5.91 Å². The lowest BCUT2D eigenvalue weighted by Gasteiger charge is -2.20. The van der Waals surface area contributed by atoms with Gasteiger partial charge in [0, 0.05) is 0 Å². The van der Waals surface area contributed by atoms with E-state index in [1.54, 1.807) is 25.3 Å². The van der Waals surface area contributed by atoms with E-state index in [4.69, 9.17) is 19.6 Å². The molecule has 0 radical (unpaired) electrons. The highest BCUT2D eigenvalue weighted by Gasteiger charge is 2.35. The summed E-state index contributed by atoms with van der Waals surface area (Å²) >= 11 is 1.34. The molecule has 1 amide bonds. The number of carbonyl (C=O) groups excluding carboxylic acids is 1. The first-order chi connectivity index (χ1) is 17.9. The number of rotatable bonds is 11. The van der Waals surface area contributed by atoms with Crippen LogP contribution >= 0.6 is 11.8 Å². The summed E-state index contributed by atoms with van der Waals surface area (Å²) in [7, 11) is 1.56. The lowest BCUT2D eigenvalue weighted by atomic mass is 9.99. The summed E-state index contributed by atoms with van der Waals surface area (Å²) in [5.74, 6) is 1.98. The van der Waals surface area contributed by atoms with Gasteiger partial charge in [0.25, 0.3) is 5.91 Å². The van der Waals surface area contributed by atoms with Gasteiger partial charge in [-0.3, -0.25) is 10.2 Å². The average Bonchev–Trinajstić information content (AvgIpc) is 3.32. The molecule has 2 aromatic carbocycles. The van der Waals surface area contributed by atoms with Crippen molar-refractivity contribution in [2.75, 3.05) is 20.3 Å². The van der Waals surface area contributed by atoms with Gasteiger partial charge in [-0.25, -0.2) is 0 Å². The van der Waals surface area contributed by atoms with Crippen molar-refractivity contribution in [3.8, 4) is 17.2 Å². The van der Waals surface area contributed by atoms with Crippen molar-refractivity contribution in [3.63, 3.8) is 0 Å². The van der Waals surface area contributed by atoms with Gasteiger partial charge in [0.2, 0.25) is 5.17 Å². The summed E-state index contributed by atoms with van der Waals surface area (Å²) in [5.41, 5.74) is 2.17. The van der Waals surface area contributed by atoms with Gasteiger partial charge in [-0.1, -0.05) is 39.0 Å². The molecule has 2 aromatic rings. The Balaban J connectivity index is 1.38. The molecular weight excluding hydrogens is 488 g/mol. The second kappa shape index (κ2) is 12.1. The van der Waals surface area contributed by atoms with Gasteiger partial charge in [0.1, 0.15) is 24.0 Å². The number of amidine groups is 2. The maximum Gasteiger partial charge on any atom is 0.283 e. The van der Waals surface area contributed by atoms with E-state index in [1.165, 1.54) is 22.3 Å². The SMILES string of the molecule is CCCC1=NN2C(=N)/C(=C/c3ccc(OCCOc4ccc([C@H](C)CC)cc4)c(OC)c3)C(=O)N=C2S1. The molecule has 194 valence electrons. The number of fused-ring (bicyclic) bond motifs is 1. The Morgan fingerprint density at radius 3 is 2.54 bits per heavy atom. The van der Waals surface area contributed by atoms with Crippen LogP contribution in [0.15, 0.2) is 58.1 Å². The molecule has 0 aromatic heterocycles. The predicted molar refractivity (Wildman–Crippen MR) is 149 cm³/mol. The highest BCUT2D eigenvalue weighted by Crippen LogP contribution is 2.32. The summed E-state index contributed by atoms with van der Waals surface area (Å²) < 4.78 is 17.2. The zero-order chi connectivity index (χ0) is 26.4. The molecule has 0 aliphatic carbocycles. The number of methoxy groups -OCH3 is 1. The first-order valence-electron chi connectivity index (χ1n) is 12.5. The van der Waals surface area contributed by atoms with Crippen LogP contribution in [0.1, 0.15) is 57.1 Å². The van der Waals surface area contributed by atoms with Crippen LogP contribution in [0.25, 0.3) is 6.08 Å². The monoisotopic (exact) mass is 520 g/mol. The largest absolute Gasteiger partial charge is 0.493 e. The topological polar surface area (TPSA) is 96.6 Å². The van der Waals surface area contributed by atoms with Gasteiger partial charge in [-0.2, -0.15) is 15.1 Å². The second-order valence-corrected chi connectivity index (χ2v) is 9.79. The summed E-state index contributed by atoms with van der Waals surface area (Å²) in [6.07, 6.45) is 4.45. The fourth-order valence-electron chi connectivity index (χ4n) is 3.85. The number of aliphatic imine (C=N–C) groups is 1. The lowest BCUT2D eigenvalue weighted by molar-refractivity contribution is -0.114. The van der Waals surface area contributed by atoms with E-state index in [2.05, 4.69) is 43.0 Å². The van der Waals surface area contributed by atoms with Crippen LogP contribution in [-0.2, 0) is 4.79 Å². The molecule has 2 aliphatic rings. The van der Waals surface area contributed by atoms with Gasteiger partial charge in [-0.15, -0.1) is 0 Å². The Hall–Kier alpha value is -3.59. The predicted octanol–water partition coefficient (Wildman–Crippen LogP) is 6.09. The molecule has 0 spiro atoms. The molecule has 1 atom stereocenters. The number of hydrazone groups is 1. The Morgan fingerprint density at radius 1 is 1.08 bits per heavy atom. The van der Waals surface area contributed by atoms with Crippen molar-refractivity contribution in [2.24, 2.45) is 10.1 Å². The zero-order valence-electron chi connectivity index (χ0n) is 21.6. The molecule has 0 fully saturated rings. The normalized spacial score (nSPS) is 16.9. The molecule has 0 unspecified atom stereocenters. The smallest absolute Gasteiger partial charge is 0.283 e. The van der Waals surface area contributed by atoms with Crippen molar-refractivity contribution < 1.29 is 19.0 Å². The number of nitrogens with zero attached hydrogens (tertiary/aromatic N) is 3. The number of nitrogens with one attached hydrogen (secondary N) is 1. The fourth-order valence-corrected chi connectivity index (χ4v) is 4.83. The van der Waals surface area contributed by atoms with Crippen LogP contribution in [0.2, 0.25) is 0 Å². The molecule has 2 heterocycles. The Bertz CT molecular complexity index is 1250. The van der Waals surface area contributed by atoms with Crippen LogP contribution in [0.5, 0.6) is 17.2 Å². The molecule has 0 bridgehead atoms. The minimum atomic E-state index is -0.453. The molecule has 4 rings (SSSR count). The molecule has 8 nitrogen and oxygen atoms in total. The van der Waals surface area contributed by atoms with Gasteiger partial charge in [-0.05, 0) is 78.4 Å². The first kappa shape index (κ1) is 26.5. The third-order valence-corrected chi connectivity index (χ3v) is 7.10. The van der Waals surface area contributed by atoms with Crippen LogP contribution in [0, 0.1) is 5.41 Å². The van der Waals surface area contributed by atoms with E-state index >= 15 is 0 Å². The first-order valence-corrected chi connectivity index (χ1v) is 13.3. The summed E-state index contributed by atoms with van der Waals surface area (Å²) in [6.45, 7) is 7.18. The van der Waals surface area contributed by atoms with E-state index in [0.29, 0.717) is 41.4 Å². The molecule has 2 aliphatic heterocycles. The van der Waals surface area contributed by atoms with E-state index in [0.717, 1.165) is 30.1 Å². The standard InChI is InChI=1S/C28H32N4O4S/c1-5-7-25-31-32-26(29)22(27(33)30-28(32)37-25)16-19-8-13-23(24(17-19)34-4)36-15-14-35-21-11-9-20(10-12-21)18(3)6-2/h8-13,16-18,29H,5-7,14-15H2,1-4H3/b22-16-,29-26?/t18-/m1/s1. The quantitative estimate of drug-likeness (QED) is 0.285. The van der Waals surface area contributed by atoms with Crippen molar-refractivity contribution in [2.45, 2.75) is 46.0 Å². The van der Waals surface area contributed by atoms with Gasteiger partial charge < -0.3 is 14.2 Å². The maximum atomic E-state index is 12.6. The number of hydrogen-bond acceptors (Lipinski definition) is 7. The van der Waals surface area contributed by atoms with Crippen LogP contribution in [0.3, 0.4) is 0 Å². The lowest BCUT2D eigenvalue weighted by Crippen LogP contribution is -2.35. The molecule has 0 saturated heterocycles. The Labute approximate surface area is 221 Å². The third-order valence-electron chi connectivity index (χ3n) is 6.13. The van der Waals surface area contributed by atoms with Crippen LogP contribution in [0.4, 0.5) is 0 Å². The molecule has 37 heavy (non-hydrogen) atoms. The van der Waals surface area contributed by atoms with Crippen molar-refractivity contribution in [1.29, 1.82) is 5.41 Å². The minimum Gasteiger partial charge on any atom is -0.493 e. The average molecular weight is 521 g/mol. The highest BCUT2D eigenvalue weighted by atomic mass is 32.2. The molecule has 0 saturated carbocycles.